The molecule has 2 heterocycles. The van der Waals surface area contributed by atoms with E-state index in [1.165, 1.54) is 6.33 Å². The van der Waals surface area contributed by atoms with Crippen LogP contribution in [0.5, 0.6) is 0 Å². The fourth-order valence-corrected chi connectivity index (χ4v) is 1.90. The average molecular weight is 197 g/mol. The van der Waals surface area contributed by atoms with E-state index in [0.717, 1.165) is 10.4 Å². The number of nitrogens with zero attached hydrogens (tertiary/aromatic N) is 2. The molecule has 0 radical (unpaired) electrons. The Labute approximate surface area is 78.9 Å². The average Bonchev–Trinajstić information content (AvgIpc) is 2.57. The van der Waals surface area contributed by atoms with Crippen molar-refractivity contribution in [2.24, 2.45) is 0 Å². The van der Waals surface area contributed by atoms with Crippen LogP contribution in [-0.2, 0) is 0 Å². The molecule has 12 heavy (non-hydrogen) atoms. The first-order chi connectivity index (χ1) is 5.88. The first kappa shape index (κ1) is 7.71. The van der Waals surface area contributed by atoms with Crippen LogP contribution >= 0.6 is 22.9 Å². The second-order valence-electron chi connectivity index (χ2n) is 2.20. The van der Waals surface area contributed by atoms with E-state index in [4.69, 9.17) is 11.6 Å². The standard InChI is InChI=1S/C8H5ClN2S/c9-8-6(4-10-5-11-8)7-2-1-3-12-7/h1-5H. The Hall–Kier alpha value is -0.930. The summed E-state index contributed by atoms with van der Waals surface area (Å²) in [6, 6.07) is 3.97. The fraction of sp³-hybridized carbons (Fsp3) is 0. The maximum absolute atomic E-state index is 5.87. The number of thiophene rings is 1. The van der Waals surface area contributed by atoms with Crippen molar-refractivity contribution < 1.29 is 0 Å². The second kappa shape index (κ2) is 3.21. The molecule has 0 atom stereocenters. The van der Waals surface area contributed by atoms with Crippen LogP contribution in [0.3, 0.4) is 0 Å². The molecule has 0 spiro atoms. The smallest absolute Gasteiger partial charge is 0.141 e. The van der Waals surface area contributed by atoms with Gasteiger partial charge in [-0.25, -0.2) is 9.97 Å². The number of halogens is 1. The highest BCUT2D eigenvalue weighted by molar-refractivity contribution is 7.13. The van der Waals surface area contributed by atoms with Gasteiger partial charge in [0.05, 0.1) is 0 Å². The molecular weight excluding hydrogens is 192 g/mol. The van der Waals surface area contributed by atoms with Crippen LogP contribution in [0.2, 0.25) is 5.15 Å². The predicted octanol–water partition coefficient (Wildman–Crippen LogP) is 2.86. The largest absolute Gasteiger partial charge is 0.244 e. The molecule has 0 aromatic carbocycles. The maximum Gasteiger partial charge on any atom is 0.141 e. The number of aromatic nitrogens is 2. The molecule has 0 amide bonds. The topological polar surface area (TPSA) is 25.8 Å². The van der Waals surface area contributed by atoms with E-state index < -0.39 is 0 Å². The van der Waals surface area contributed by atoms with Gasteiger partial charge in [-0.2, -0.15) is 0 Å². The normalized spacial score (nSPS) is 10.1. The van der Waals surface area contributed by atoms with Gasteiger partial charge in [-0.3, -0.25) is 0 Å². The number of hydrogen-bond donors (Lipinski definition) is 0. The van der Waals surface area contributed by atoms with Crippen LogP contribution < -0.4 is 0 Å². The fourth-order valence-electron chi connectivity index (χ4n) is 0.912. The quantitative estimate of drug-likeness (QED) is 0.656. The summed E-state index contributed by atoms with van der Waals surface area (Å²) in [5.74, 6) is 0. The van der Waals surface area contributed by atoms with Crippen molar-refractivity contribution in [2.45, 2.75) is 0 Å². The summed E-state index contributed by atoms with van der Waals surface area (Å²) in [4.78, 5) is 8.91. The molecule has 0 aliphatic rings. The lowest BCUT2D eigenvalue weighted by Gasteiger charge is -1.96. The number of hydrogen-bond acceptors (Lipinski definition) is 3. The summed E-state index contributed by atoms with van der Waals surface area (Å²) >= 11 is 7.50. The molecule has 0 fully saturated rings. The van der Waals surface area contributed by atoms with Crippen LogP contribution in [0.15, 0.2) is 30.0 Å². The van der Waals surface area contributed by atoms with E-state index in [9.17, 15) is 0 Å². The van der Waals surface area contributed by atoms with Crippen molar-refractivity contribution in [3.05, 3.63) is 35.2 Å². The van der Waals surface area contributed by atoms with Gasteiger partial charge in [0.2, 0.25) is 0 Å². The van der Waals surface area contributed by atoms with E-state index >= 15 is 0 Å². The summed E-state index contributed by atoms with van der Waals surface area (Å²) < 4.78 is 0. The summed E-state index contributed by atoms with van der Waals surface area (Å²) in [5, 5.41) is 2.51. The molecule has 2 nitrogen and oxygen atoms in total. The zero-order valence-electron chi connectivity index (χ0n) is 6.07. The first-order valence-electron chi connectivity index (χ1n) is 3.37. The lowest BCUT2D eigenvalue weighted by atomic mass is 10.3. The zero-order chi connectivity index (χ0) is 8.39. The van der Waals surface area contributed by atoms with Crippen LogP contribution in [0, 0.1) is 0 Å². The minimum absolute atomic E-state index is 0.507. The Morgan fingerprint density at radius 3 is 3.00 bits per heavy atom. The summed E-state index contributed by atoms with van der Waals surface area (Å²) in [7, 11) is 0. The van der Waals surface area contributed by atoms with Crippen LogP contribution in [0.1, 0.15) is 0 Å². The van der Waals surface area contributed by atoms with E-state index in [-0.39, 0.29) is 0 Å². The van der Waals surface area contributed by atoms with E-state index in [1.54, 1.807) is 17.5 Å². The van der Waals surface area contributed by atoms with Crippen molar-refractivity contribution in [1.29, 1.82) is 0 Å². The third-order valence-electron chi connectivity index (χ3n) is 1.45. The van der Waals surface area contributed by atoms with Gasteiger partial charge < -0.3 is 0 Å². The van der Waals surface area contributed by atoms with Crippen molar-refractivity contribution >= 4 is 22.9 Å². The maximum atomic E-state index is 5.87. The van der Waals surface area contributed by atoms with E-state index in [2.05, 4.69) is 9.97 Å². The minimum Gasteiger partial charge on any atom is -0.244 e. The zero-order valence-corrected chi connectivity index (χ0v) is 7.64. The Bertz CT molecular complexity index is 372. The summed E-state index contributed by atoms with van der Waals surface area (Å²) in [6.45, 7) is 0. The molecule has 0 unspecified atom stereocenters. The monoisotopic (exact) mass is 196 g/mol. The van der Waals surface area contributed by atoms with Crippen LogP contribution in [0.4, 0.5) is 0 Å². The van der Waals surface area contributed by atoms with Crippen molar-refractivity contribution in [2.75, 3.05) is 0 Å². The molecule has 2 rings (SSSR count). The Morgan fingerprint density at radius 2 is 2.33 bits per heavy atom. The molecule has 4 heteroatoms. The van der Waals surface area contributed by atoms with Gasteiger partial charge in [0.15, 0.2) is 0 Å². The molecule has 60 valence electrons. The lowest BCUT2D eigenvalue weighted by molar-refractivity contribution is 1.17. The van der Waals surface area contributed by atoms with Gasteiger partial charge in [-0.05, 0) is 11.4 Å². The molecular formula is C8H5ClN2S. The van der Waals surface area contributed by atoms with Gasteiger partial charge >= 0.3 is 0 Å². The van der Waals surface area contributed by atoms with Gasteiger partial charge in [-0.15, -0.1) is 11.3 Å². The molecule has 0 aliphatic heterocycles. The number of rotatable bonds is 1. The molecule has 0 saturated heterocycles. The third-order valence-corrected chi connectivity index (χ3v) is 2.65. The van der Waals surface area contributed by atoms with Gasteiger partial charge in [0.25, 0.3) is 0 Å². The van der Waals surface area contributed by atoms with Crippen LogP contribution in [-0.4, -0.2) is 9.97 Å². The van der Waals surface area contributed by atoms with Gasteiger partial charge in [0, 0.05) is 16.6 Å². The van der Waals surface area contributed by atoms with Crippen molar-refractivity contribution in [3.63, 3.8) is 0 Å². The summed E-state index contributed by atoms with van der Waals surface area (Å²) in [6.07, 6.45) is 3.17. The van der Waals surface area contributed by atoms with Crippen LogP contribution in [0.25, 0.3) is 10.4 Å². The molecule has 0 N–H and O–H groups in total. The highest BCUT2D eigenvalue weighted by atomic mass is 35.5. The Morgan fingerprint density at radius 1 is 1.42 bits per heavy atom. The molecule has 0 bridgehead atoms. The molecule has 2 aromatic rings. The van der Waals surface area contributed by atoms with Crippen molar-refractivity contribution in [1.82, 2.24) is 9.97 Å². The Balaban J connectivity index is 2.55. The highest BCUT2D eigenvalue weighted by Gasteiger charge is 2.03. The van der Waals surface area contributed by atoms with E-state index in [1.807, 2.05) is 17.5 Å². The SMILES string of the molecule is Clc1ncncc1-c1cccs1. The Kier molecular flexibility index (Phi) is 2.06. The van der Waals surface area contributed by atoms with E-state index in [0.29, 0.717) is 5.15 Å². The molecule has 0 aliphatic carbocycles. The van der Waals surface area contributed by atoms with Gasteiger partial charge in [0.1, 0.15) is 11.5 Å². The molecule has 0 saturated carbocycles. The predicted molar refractivity (Wildman–Crippen MR) is 50.4 cm³/mol. The highest BCUT2D eigenvalue weighted by Crippen LogP contribution is 2.28. The first-order valence-corrected chi connectivity index (χ1v) is 4.63. The third kappa shape index (κ3) is 1.33. The van der Waals surface area contributed by atoms with Gasteiger partial charge in [-0.1, -0.05) is 17.7 Å². The molecule has 2 aromatic heterocycles. The lowest BCUT2D eigenvalue weighted by Crippen LogP contribution is -1.81. The minimum atomic E-state index is 0.507. The summed E-state index contributed by atoms with van der Waals surface area (Å²) in [5.41, 5.74) is 0.897. The second-order valence-corrected chi connectivity index (χ2v) is 3.51. The van der Waals surface area contributed by atoms with Crippen molar-refractivity contribution in [3.8, 4) is 10.4 Å².